The van der Waals surface area contributed by atoms with Crippen molar-refractivity contribution in [2.24, 2.45) is 0 Å². The molecule has 1 fully saturated rings. The van der Waals surface area contributed by atoms with Gasteiger partial charge in [0.2, 0.25) is 5.91 Å². The average Bonchev–Trinajstić information content (AvgIpc) is 3.19. The third kappa shape index (κ3) is 5.04. The van der Waals surface area contributed by atoms with Gasteiger partial charge in [0.25, 0.3) is 10.0 Å². The molecule has 1 saturated heterocycles. The molecule has 28 heavy (non-hydrogen) atoms. The highest BCUT2D eigenvalue weighted by atomic mass is 35.5. The number of carbonyl (C=O) groups excluding carboxylic acids is 1. The summed E-state index contributed by atoms with van der Waals surface area (Å²) < 4.78 is 33.0. The third-order valence-electron chi connectivity index (χ3n) is 4.56. The second-order valence-electron chi connectivity index (χ2n) is 6.74. The third-order valence-corrected chi connectivity index (χ3v) is 6.60. The van der Waals surface area contributed by atoms with Gasteiger partial charge in [-0.1, -0.05) is 29.3 Å². The Kier molecular flexibility index (Phi) is 6.59. The van der Waals surface area contributed by atoms with Gasteiger partial charge in [-0.3, -0.25) is 9.10 Å². The van der Waals surface area contributed by atoms with Crippen molar-refractivity contribution < 1.29 is 17.9 Å². The smallest absolute Gasteiger partial charge is 0.264 e. The van der Waals surface area contributed by atoms with Gasteiger partial charge in [-0.05, 0) is 56.2 Å². The Bertz CT molecular complexity index is 908. The van der Waals surface area contributed by atoms with Crippen LogP contribution in [-0.2, 0) is 19.6 Å². The van der Waals surface area contributed by atoms with Gasteiger partial charge >= 0.3 is 0 Å². The molecule has 2 aromatic carbocycles. The minimum absolute atomic E-state index is 0.00959. The highest BCUT2D eigenvalue weighted by molar-refractivity contribution is 7.92. The van der Waals surface area contributed by atoms with E-state index in [1.165, 1.54) is 24.3 Å². The molecule has 0 radical (unpaired) electrons. The van der Waals surface area contributed by atoms with E-state index in [4.69, 9.17) is 16.3 Å². The van der Waals surface area contributed by atoms with Crippen molar-refractivity contribution in [3.05, 3.63) is 59.1 Å². The Morgan fingerprint density at radius 1 is 1.18 bits per heavy atom. The molecule has 1 amide bonds. The van der Waals surface area contributed by atoms with Gasteiger partial charge < -0.3 is 10.1 Å². The van der Waals surface area contributed by atoms with Crippen LogP contribution in [0.5, 0.6) is 0 Å². The lowest BCUT2D eigenvalue weighted by Gasteiger charge is -2.24. The summed E-state index contributed by atoms with van der Waals surface area (Å²) in [4.78, 5) is 12.6. The number of amides is 1. The number of carbonyl (C=O) groups is 1. The maximum atomic E-state index is 13.2. The largest absolute Gasteiger partial charge is 0.376 e. The lowest BCUT2D eigenvalue weighted by molar-refractivity contribution is -0.120. The topological polar surface area (TPSA) is 75.7 Å². The molecule has 0 spiro atoms. The Hall–Kier alpha value is -2.09. The Morgan fingerprint density at radius 3 is 2.46 bits per heavy atom. The number of hydrogen-bond acceptors (Lipinski definition) is 4. The zero-order valence-corrected chi connectivity index (χ0v) is 17.2. The predicted octanol–water partition coefficient (Wildman–Crippen LogP) is 3.14. The summed E-state index contributed by atoms with van der Waals surface area (Å²) in [5.74, 6) is -0.381. The molecule has 1 aliphatic heterocycles. The minimum atomic E-state index is -3.93. The Morgan fingerprint density at radius 2 is 1.86 bits per heavy atom. The van der Waals surface area contributed by atoms with Gasteiger partial charge in [-0.2, -0.15) is 0 Å². The second-order valence-corrected chi connectivity index (χ2v) is 9.04. The summed E-state index contributed by atoms with van der Waals surface area (Å²) in [6.45, 7) is 2.67. The lowest BCUT2D eigenvalue weighted by atomic mass is 10.2. The van der Waals surface area contributed by atoms with Crippen LogP contribution in [0.15, 0.2) is 53.4 Å². The van der Waals surface area contributed by atoms with Crippen LogP contribution in [0.25, 0.3) is 0 Å². The van der Waals surface area contributed by atoms with Crippen molar-refractivity contribution in [2.45, 2.75) is 30.8 Å². The molecule has 150 valence electrons. The van der Waals surface area contributed by atoms with Gasteiger partial charge in [-0.15, -0.1) is 0 Å². The molecule has 0 bridgehead atoms. The number of hydrogen-bond donors (Lipinski definition) is 1. The summed E-state index contributed by atoms with van der Waals surface area (Å²) in [7, 11) is -3.93. The quantitative estimate of drug-likeness (QED) is 0.743. The number of rotatable bonds is 7. The fourth-order valence-corrected chi connectivity index (χ4v) is 4.53. The zero-order valence-electron chi connectivity index (χ0n) is 15.6. The molecule has 0 saturated carbocycles. The molecule has 1 N–H and O–H groups in total. The number of ether oxygens (including phenoxy) is 1. The van der Waals surface area contributed by atoms with Crippen LogP contribution in [0.2, 0.25) is 5.02 Å². The number of nitrogens with one attached hydrogen (secondary N) is 1. The van der Waals surface area contributed by atoms with Crippen molar-refractivity contribution in [2.75, 3.05) is 24.0 Å². The van der Waals surface area contributed by atoms with E-state index >= 15 is 0 Å². The summed E-state index contributed by atoms with van der Waals surface area (Å²) in [6.07, 6.45) is 1.86. The second kappa shape index (κ2) is 8.94. The number of halogens is 1. The highest BCUT2D eigenvalue weighted by Gasteiger charge is 2.27. The van der Waals surface area contributed by atoms with Crippen LogP contribution < -0.4 is 9.62 Å². The molecular formula is C20H23ClN2O4S. The molecule has 6 nitrogen and oxygen atoms in total. The van der Waals surface area contributed by atoms with E-state index in [1.807, 2.05) is 19.1 Å². The fourth-order valence-electron chi connectivity index (χ4n) is 2.98. The maximum absolute atomic E-state index is 13.2. The number of sulfonamides is 1. The average molecular weight is 423 g/mol. The summed E-state index contributed by atoms with van der Waals surface area (Å²) >= 11 is 5.88. The van der Waals surface area contributed by atoms with E-state index in [0.717, 1.165) is 22.7 Å². The minimum Gasteiger partial charge on any atom is -0.376 e. The van der Waals surface area contributed by atoms with Gasteiger partial charge in [0.1, 0.15) is 6.54 Å². The van der Waals surface area contributed by atoms with E-state index in [0.29, 0.717) is 23.9 Å². The summed E-state index contributed by atoms with van der Waals surface area (Å²) in [6, 6.07) is 12.9. The molecule has 2 aromatic rings. The van der Waals surface area contributed by atoms with Gasteiger partial charge in [0.15, 0.2) is 0 Å². The number of nitrogens with zero attached hydrogens (tertiary/aromatic N) is 1. The first-order valence-corrected chi connectivity index (χ1v) is 10.9. The number of benzene rings is 2. The van der Waals surface area contributed by atoms with E-state index in [2.05, 4.69) is 5.32 Å². The van der Waals surface area contributed by atoms with Gasteiger partial charge in [0, 0.05) is 18.2 Å². The van der Waals surface area contributed by atoms with Gasteiger partial charge in [-0.25, -0.2) is 8.42 Å². The predicted molar refractivity (Wildman–Crippen MR) is 109 cm³/mol. The molecule has 0 aromatic heterocycles. The molecule has 3 rings (SSSR count). The molecular weight excluding hydrogens is 400 g/mol. The number of anilines is 1. The first-order valence-electron chi connectivity index (χ1n) is 9.09. The van der Waals surface area contributed by atoms with E-state index in [9.17, 15) is 13.2 Å². The van der Waals surface area contributed by atoms with Crippen LogP contribution >= 0.6 is 11.6 Å². The Balaban J connectivity index is 1.83. The fraction of sp³-hybridized carbons (Fsp3) is 0.350. The molecule has 1 aliphatic rings. The van der Waals surface area contributed by atoms with Crippen LogP contribution in [0.3, 0.4) is 0 Å². The number of aryl methyl sites for hydroxylation is 1. The van der Waals surface area contributed by atoms with Gasteiger partial charge in [0.05, 0.1) is 16.7 Å². The molecule has 1 heterocycles. The summed E-state index contributed by atoms with van der Waals surface area (Å²) in [5.41, 5.74) is 1.42. The van der Waals surface area contributed by atoms with E-state index < -0.39 is 10.0 Å². The normalized spacial score (nSPS) is 16.7. The standard InChI is InChI=1S/C20H23ClN2O4S/c1-15-4-8-17(9-5-15)23(14-20(24)22-13-18-3-2-12-27-18)28(25,26)19-10-6-16(21)7-11-19/h4-11,18H,2-3,12-14H2,1H3,(H,22,24)/t18-/m1/s1. The van der Waals surface area contributed by atoms with E-state index in [-0.39, 0.29) is 23.5 Å². The molecule has 1 atom stereocenters. The molecule has 0 unspecified atom stereocenters. The maximum Gasteiger partial charge on any atom is 0.264 e. The van der Waals surface area contributed by atoms with Crippen LogP contribution in [-0.4, -0.2) is 40.1 Å². The lowest BCUT2D eigenvalue weighted by Crippen LogP contribution is -2.42. The monoisotopic (exact) mass is 422 g/mol. The first-order chi connectivity index (χ1) is 13.4. The first kappa shape index (κ1) is 20.6. The van der Waals surface area contributed by atoms with Crippen LogP contribution in [0.1, 0.15) is 18.4 Å². The Labute approximate surface area is 170 Å². The van der Waals surface area contributed by atoms with Crippen molar-refractivity contribution in [1.29, 1.82) is 0 Å². The van der Waals surface area contributed by atoms with Crippen LogP contribution in [0.4, 0.5) is 5.69 Å². The highest BCUT2D eigenvalue weighted by Crippen LogP contribution is 2.25. The SMILES string of the molecule is Cc1ccc(N(CC(=O)NC[C@H]2CCCO2)S(=O)(=O)c2ccc(Cl)cc2)cc1. The van der Waals surface area contributed by atoms with Crippen molar-refractivity contribution in [3.63, 3.8) is 0 Å². The molecule has 0 aliphatic carbocycles. The molecule has 8 heteroatoms. The van der Waals surface area contributed by atoms with Crippen molar-refractivity contribution in [1.82, 2.24) is 5.32 Å². The summed E-state index contributed by atoms with van der Waals surface area (Å²) in [5, 5.41) is 3.22. The van der Waals surface area contributed by atoms with Crippen LogP contribution in [0, 0.1) is 6.92 Å². The zero-order chi connectivity index (χ0) is 20.1. The van der Waals surface area contributed by atoms with Crippen molar-refractivity contribution >= 4 is 33.2 Å². The van der Waals surface area contributed by atoms with Crippen molar-refractivity contribution in [3.8, 4) is 0 Å². The van der Waals surface area contributed by atoms with E-state index in [1.54, 1.807) is 12.1 Å².